The van der Waals surface area contributed by atoms with Crippen molar-refractivity contribution < 1.29 is 0 Å². The van der Waals surface area contributed by atoms with Gasteiger partial charge in [-0.25, -0.2) is 9.97 Å². The molecule has 0 aliphatic rings. The third-order valence-corrected chi connectivity index (χ3v) is 8.34. The van der Waals surface area contributed by atoms with Crippen LogP contribution in [0.2, 0.25) is 0 Å². The Bertz CT molecular complexity index is 2090. The molecule has 0 amide bonds. The van der Waals surface area contributed by atoms with Crippen LogP contribution in [0.3, 0.4) is 0 Å². The van der Waals surface area contributed by atoms with E-state index in [0.717, 1.165) is 45.5 Å². The van der Waals surface area contributed by atoms with E-state index in [1.54, 1.807) is 0 Å². The normalized spacial score (nSPS) is 11.2. The van der Waals surface area contributed by atoms with Crippen LogP contribution in [0.25, 0.3) is 21.5 Å². The minimum Gasteiger partial charge on any atom is -0.295 e. The van der Waals surface area contributed by atoms with Crippen LogP contribution in [0.4, 0.5) is 34.4 Å². The van der Waals surface area contributed by atoms with Crippen molar-refractivity contribution in [3.63, 3.8) is 0 Å². The summed E-state index contributed by atoms with van der Waals surface area (Å²) < 4.78 is 0. The molecule has 7 rings (SSSR count). The lowest BCUT2D eigenvalue weighted by Crippen LogP contribution is -2.13. The highest BCUT2D eigenvalue weighted by atomic mass is 15.2. The van der Waals surface area contributed by atoms with Crippen molar-refractivity contribution in [3.05, 3.63) is 156 Å². The predicted molar refractivity (Wildman–Crippen MR) is 185 cm³/mol. The maximum Gasteiger partial charge on any atom is 0.137 e. The Balaban J connectivity index is 1.50. The highest BCUT2D eigenvalue weighted by Crippen LogP contribution is 2.44. The maximum atomic E-state index is 4.86. The number of rotatable bonds is 6. The van der Waals surface area contributed by atoms with E-state index in [9.17, 15) is 0 Å². The Morgan fingerprint density at radius 1 is 0.455 bits per heavy atom. The number of fused-ring (bicyclic) bond motifs is 3. The molecule has 2 aromatic heterocycles. The van der Waals surface area contributed by atoms with E-state index >= 15 is 0 Å². The first-order valence-electron chi connectivity index (χ1n) is 15.0. The average Bonchev–Trinajstić information content (AvgIpc) is 3.06. The summed E-state index contributed by atoms with van der Waals surface area (Å²) in [5.41, 5.74) is 9.06. The number of benzene rings is 5. The molecule has 0 unspecified atom stereocenters. The molecule has 0 spiro atoms. The third-order valence-electron chi connectivity index (χ3n) is 8.34. The molecule has 0 aliphatic carbocycles. The van der Waals surface area contributed by atoms with Gasteiger partial charge in [-0.3, -0.25) is 9.80 Å². The summed E-state index contributed by atoms with van der Waals surface area (Å²) in [6.07, 6.45) is 3.87. The number of hydrogen-bond donors (Lipinski definition) is 0. The molecule has 0 saturated carbocycles. The molecular formula is C40H34N4. The monoisotopic (exact) mass is 570 g/mol. The number of pyridine rings is 2. The van der Waals surface area contributed by atoms with Gasteiger partial charge in [0.05, 0.1) is 11.4 Å². The lowest BCUT2D eigenvalue weighted by atomic mass is 9.92. The van der Waals surface area contributed by atoms with Crippen LogP contribution in [0.15, 0.2) is 134 Å². The van der Waals surface area contributed by atoms with E-state index in [1.807, 2.05) is 12.4 Å². The SMILES string of the molecule is Cc1ccc(N(c2ccccc2)c2ccc3ccc4c(N(c5ccccc5)c5ccc(C)cn5)ccc(C)c4c3c2C)nc1. The van der Waals surface area contributed by atoms with E-state index in [4.69, 9.17) is 9.97 Å². The van der Waals surface area contributed by atoms with Crippen molar-refractivity contribution in [2.24, 2.45) is 0 Å². The molecule has 214 valence electrons. The summed E-state index contributed by atoms with van der Waals surface area (Å²) in [7, 11) is 0. The first-order chi connectivity index (χ1) is 21.5. The number of para-hydroxylation sites is 2. The quantitative estimate of drug-likeness (QED) is 0.186. The van der Waals surface area contributed by atoms with Gasteiger partial charge in [-0.15, -0.1) is 0 Å². The molecule has 2 heterocycles. The summed E-state index contributed by atoms with van der Waals surface area (Å²) in [4.78, 5) is 14.2. The Labute approximate surface area is 258 Å². The number of hydrogen-bond acceptors (Lipinski definition) is 4. The van der Waals surface area contributed by atoms with Crippen LogP contribution in [0, 0.1) is 27.7 Å². The summed E-state index contributed by atoms with van der Waals surface area (Å²) in [5.74, 6) is 1.78. The van der Waals surface area contributed by atoms with E-state index in [1.165, 1.54) is 32.7 Å². The van der Waals surface area contributed by atoms with Crippen LogP contribution in [-0.2, 0) is 0 Å². The molecule has 0 atom stereocenters. The molecule has 4 nitrogen and oxygen atoms in total. The zero-order valence-corrected chi connectivity index (χ0v) is 25.5. The van der Waals surface area contributed by atoms with Crippen LogP contribution < -0.4 is 9.80 Å². The van der Waals surface area contributed by atoms with E-state index in [-0.39, 0.29) is 0 Å². The number of aryl methyl sites for hydroxylation is 4. The first kappa shape index (κ1) is 27.4. The Kier molecular flexibility index (Phi) is 7.03. The van der Waals surface area contributed by atoms with Crippen molar-refractivity contribution in [3.8, 4) is 0 Å². The van der Waals surface area contributed by atoms with Gasteiger partial charge in [-0.2, -0.15) is 0 Å². The van der Waals surface area contributed by atoms with Gasteiger partial charge in [0.1, 0.15) is 11.6 Å². The van der Waals surface area contributed by atoms with Crippen molar-refractivity contribution in [2.45, 2.75) is 27.7 Å². The summed E-state index contributed by atoms with van der Waals surface area (Å²) in [6.45, 7) is 8.60. The standard InChI is InChI=1S/C40H34N4/c1-27-15-23-37(41-25-27)43(32-11-7-5-8-12-32)35-22-19-31-18-20-34-36(21-17-29(3)39(34)40(31)30(35)4)44(33-13-9-6-10-14-33)38-24-16-28(2)26-42-38/h5-26H,1-4H3. The largest absolute Gasteiger partial charge is 0.295 e. The third kappa shape index (κ3) is 4.84. The highest BCUT2D eigenvalue weighted by Gasteiger charge is 2.21. The van der Waals surface area contributed by atoms with Crippen LogP contribution in [0.5, 0.6) is 0 Å². The zero-order valence-electron chi connectivity index (χ0n) is 25.5. The fourth-order valence-corrected chi connectivity index (χ4v) is 6.15. The summed E-state index contributed by atoms with van der Waals surface area (Å²) in [5, 5.41) is 4.89. The fourth-order valence-electron chi connectivity index (χ4n) is 6.15. The molecule has 0 radical (unpaired) electrons. The molecule has 44 heavy (non-hydrogen) atoms. The van der Waals surface area contributed by atoms with Gasteiger partial charge in [0.2, 0.25) is 0 Å². The van der Waals surface area contributed by atoms with Crippen molar-refractivity contribution in [1.29, 1.82) is 0 Å². The fraction of sp³-hybridized carbons (Fsp3) is 0.100. The maximum absolute atomic E-state index is 4.86. The van der Waals surface area contributed by atoms with Crippen LogP contribution in [0.1, 0.15) is 22.3 Å². The van der Waals surface area contributed by atoms with Crippen molar-refractivity contribution >= 4 is 55.9 Å². The summed E-state index contributed by atoms with van der Waals surface area (Å²) in [6, 6.07) is 42.9. The second kappa shape index (κ2) is 11.3. The Hall–Kier alpha value is -5.48. The van der Waals surface area contributed by atoms with E-state index in [0.29, 0.717) is 0 Å². The zero-order chi connectivity index (χ0) is 30.2. The number of nitrogens with zero attached hydrogens (tertiary/aromatic N) is 4. The average molecular weight is 571 g/mol. The van der Waals surface area contributed by atoms with E-state index in [2.05, 4.69) is 159 Å². The van der Waals surface area contributed by atoms with Crippen molar-refractivity contribution in [1.82, 2.24) is 9.97 Å². The van der Waals surface area contributed by atoms with Gasteiger partial charge >= 0.3 is 0 Å². The molecule has 0 bridgehead atoms. The van der Waals surface area contributed by atoms with Gasteiger partial charge < -0.3 is 0 Å². The van der Waals surface area contributed by atoms with Crippen molar-refractivity contribution in [2.75, 3.05) is 9.80 Å². The van der Waals surface area contributed by atoms with Gasteiger partial charge in [-0.05, 0) is 115 Å². The second-order valence-corrected chi connectivity index (χ2v) is 11.4. The molecule has 5 aromatic carbocycles. The molecular weight excluding hydrogens is 536 g/mol. The van der Waals surface area contributed by atoms with Gasteiger partial charge in [-0.1, -0.05) is 72.8 Å². The van der Waals surface area contributed by atoms with Gasteiger partial charge in [0, 0.05) is 29.2 Å². The lowest BCUT2D eigenvalue weighted by molar-refractivity contribution is 1.15. The molecule has 4 heteroatoms. The highest BCUT2D eigenvalue weighted by molar-refractivity contribution is 6.16. The molecule has 0 N–H and O–H groups in total. The van der Waals surface area contributed by atoms with E-state index < -0.39 is 0 Å². The molecule has 7 aromatic rings. The van der Waals surface area contributed by atoms with Gasteiger partial charge in [0.15, 0.2) is 0 Å². The lowest BCUT2D eigenvalue weighted by Gasteiger charge is -2.28. The predicted octanol–water partition coefficient (Wildman–Crippen LogP) is 11.0. The molecule has 0 fully saturated rings. The topological polar surface area (TPSA) is 32.3 Å². The minimum atomic E-state index is 0.887. The van der Waals surface area contributed by atoms with Crippen LogP contribution >= 0.6 is 0 Å². The molecule has 0 saturated heterocycles. The first-order valence-corrected chi connectivity index (χ1v) is 15.0. The Morgan fingerprint density at radius 3 is 1.52 bits per heavy atom. The summed E-state index contributed by atoms with van der Waals surface area (Å²) >= 11 is 0. The molecule has 0 aliphatic heterocycles. The Morgan fingerprint density at radius 2 is 0.977 bits per heavy atom. The minimum absolute atomic E-state index is 0.887. The number of aromatic nitrogens is 2. The number of anilines is 6. The second-order valence-electron chi connectivity index (χ2n) is 11.4. The van der Waals surface area contributed by atoms with Gasteiger partial charge in [0.25, 0.3) is 0 Å². The van der Waals surface area contributed by atoms with Crippen LogP contribution in [-0.4, -0.2) is 9.97 Å². The smallest absolute Gasteiger partial charge is 0.137 e.